The minimum atomic E-state index is -1.02. The topological polar surface area (TPSA) is 67.2 Å². The zero-order valence-electron chi connectivity index (χ0n) is 12.0. The van der Waals surface area contributed by atoms with Crippen LogP contribution in [0.2, 0.25) is 0 Å². The highest BCUT2D eigenvalue weighted by Crippen LogP contribution is 2.22. The zero-order valence-corrected chi connectivity index (χ0v) is 12.0. The van der Waals surface area contributed by atoms with E-state index in [1.807, 2.05) is 61.5 Å². The molecular formula is C17H15N3O2. The molecule has 0 fully saturated rings. The van der Waals surface area contributed by atoms with Crippen LogP contribution in [0.4, 0.5) is 11.5 Å². The largest absolute Gasteiger partial charge is 0.477 e. The monoisotopic (exact) mass is 293 g/mol. The van der Waals surface area contributed by atoms with Crippen molar-refractivity contribution in [3.63, 3.8) is 0 Å². The van der Waals surface area contributed by atoms with E-state index >= 15 is 0 Å². The number of para-hydroxylation sites is 1. The molecular weight excluding hydrogens is 278 g/mol. The first kappa shape index (κ1) is 13.9. The molecule has 5 heteroatoms. The lowest BCUT2D eigenvalue weighted by Gasteiger charge is -2.05. The molecule has 0 unspecified atom stereocenters. The first-order valence-electron chi connectivity index (χ1n) is 6.85. The highest BCUT2D eigenvalue weighted by molar-refractivity contribution is 5.94. The third-order valence-electron chi connectivity index (χ3n) is 3.25. The van der Waals surface area contributed by atoms with Gasteiger partial charge in [-0.3, -0.25) is 0 Å². The second kappa shape index (κ2) is 5.73. The number of rotatable bonds is 4. The van der Waals surface area contributed by atoms with E-state index in [0.29, 0.717) is 5.82 Å². The van der Waals surface area contributed by atoms with Gasteiger partial charge in [0, 0.05) is 11.9 Å². The van der Waals surface area contributed by atoms with Crippen molar-refractivity contribution in [2.24, 2.45) is 0 Å². The second-order valence-corrected chi connectivity index (χ2v) is 4.97. The van der Waals surface area contributed by atoms with Crippen LogP contribution in [0.1, 0.15) is 15.9 Å². The van der Waals surface area contributed by atoms with E-state index in [0.717, 1.165) is 16.9 Å². The van der Waals surface area contributed by atoms with Gasteiger partial charge in [-0.25, -0.2) is 9.48 Å². The number of carbonyl (C=O) groups is 1. The number of carboxylic acids is 1. The SMILES string of the molecule is Cc1cccc(Nc2nn(-c3ccccc3)cc2C(=O)O)c1. The lowest BCUT2D eigenvalue weighted by atomic mass is 10.2. The first-order chi connectivity index (χ1) is 10.6. The molecule has 5 nitrogen and oxygen atoms in total. The molecule has 0 saturated carbocycles. The summed E-state index contributed by atoms with van der Waals surface area (Å²) in [7, 11) is 0. The molecule has 110 valence electrons. The molecule has 0 bridgehead atoms. The third-order valence-corrected chi connectivity index (χ3v) is 3.25. The fraction of sp³-hybridized carbons (Fsp3) is 0.0588. The number of aromatic carboxylic acids is 1. The maximum atomic E-state index is 11.4. The van der Waals surface area contributed by atoms with Gasteiger partial charge in [0.15, 0.2) is 5.82 Å². The summed E-state index contributed by atoms with van der Waals surface area (Å²) in [5, 5.41) is 16.8. The van der Waals surface area contributed by atoms with Gasteiger partial charge >= 0.3 is 5.97 Å². The molecule has 1 aromatic heterocycles. The molecule has 0 aliphatic rings. The number of hydrogen-bond acceptors (Lipinski definition) is 3. The molecule has 0 radical (unpaired) electrons. The average molecular weight is 293 g/mol. The Hall–Kier alpha value is -3.08. The molecule has 0 atom stereocenters. The van der Waals surface area contributed by atoms with E-state index in [2.05, 4.69) is 10.4 Å². The molecule has 2 N–H and O–H groups in total. The van der Waals surface area contributed by atoms with Crippen LogP contribution in [0.5, 0.6) is 0 Å². The van der Waals surface area contributed by atoms with Gasteiger partial charge in [-0.1, -0.05) is 30.3 Å². The molecule has 0 amide bonds. The Labute approximate surface area is 127 Å². The van der Waals surface area contributed by atoms with Crippen molar-refractivity contribution in [3.05, 3.63) is 71.9 Å². The molecule has 3 rings (SSSR count). The van der Waals surface area contributed by atoms with Gasteiger partial charge in [-0.05, 0) is 36.8 Å². The van der Waals surface area contributed by atoms with E-state index in [4.69, 9.17) is 0 Å². The molecule has 3 aromatic rings. The quantitative estimate of drug-likeness (QED) is 0.771. The predicted molar refractivity (Wildman–Crippen MR) is 85.0 cm³/mol. The van der Waals surface area contributed by atoms with Crippen LogP contribution in [0.25, 0.3) is 5.69 Å². The average Bonchev–Trinajstić information content (AvgIpc) is 2.92. The summed E-state index contributed by atoms with van der Waals surface area (Å²) in [6.45, 7) is 1.98. The van der Waals surface area contributed by atoms with Crippen LogP contribution in [0.3, 0.4) is 0 Å². The van der Waals surface area contributed by atoms with Crippen LogP contribution in [0.15, 0.2) is 60.8 Å². The molecule has 0 spiro atoms. The summed E-state index contributed by atoms with van der Waals surface area (Å²) in [5.41, 5.74) is 2.83. The van der Waals surface area contributed by atoms with Gasteiger partial charge in [0.1, 0.15) is 5.56 Å². The van der Waals surface area contributed by atoms with Crippen molar-refractivity contribution in [2.75, 3.05) is 5.32 Å². The van der Waals surface area contributed by atoms with Crippen LogP contribution >= 0.6 is 0 Å². The second-order valence-electron chi connectivity index (χ2n) is 4.97. The minimum absolute atomic E-state index is 0.130. The Morgan fingerprint density at radius 1 is 1.14 bits per heavy atom. The Morgan fingerprint density at radius 2 is 1.91 bits per heavy atom. The van der Waals surface area contributed by atoms with E-state index < -0.39 is 5.97 Å². The molecule has 22 heavy (non-hydrogen) atoms. The lowest BCUT2D eigenvalue weighted by molar-refractivity contribution is 0.0698. The van der Waals surface area contributed by atoms with Gasteiger partial charge in [-0.2, -0.15) is 0 Å². The standard InChI is InChI=1S/C17H15N3O2/c1-12-6-5-7-13(10-12)18-16-15(17(21)22)11-20(19-16)14-8-3-2-4-9-14/h2-11H,1H3,(H,18,19)(H,21,22). The van der Waals surface area contributed by atoms with Crippen molar-refractivity contribution in [2.45, 2.75) is 6.92 Å². The molecule has 1 heterocycles. The van der Waals surface area contributed by atoms with E-state index in [1.165, 1.54) is 6.20 Å². The Kier molecular flexibility index (Phi) is 3.62. The molecule has 0 saturated heterocycles. The van der Waals surface area contributed by atoms with Crippen LogP contribution in [-0.2, 0) is 0 Å². The summed E-state index contributed by atoms with van der Waals surface area (Å²) in [4.78, 5) is 11.4. The summed E-state index contributed by atoms with van der Waals surface area (Å²) in [6.07, 6.45) is 1.51. The fourth-order valence-corrected chi connectivity index (χ4v) is 2.20. The normalized spacial score (nSPS) is 10.4. The van der Waals surface area contributed by atoms with Crippen LogP contribution in [-0.4, -0.2) is 20.9 Å². The van der Waals surface area contributed by atoms with Crippen molar-refractivity contribution < 1.29 is 9.90 Å². The van der Waals surface area contributed by atoms with Crippen molar-refractivity contribution >= 4 is 17.5 Å². The number of aryl methyl sites for hydroxylation is 1. The third kappa shape index (κ3) is 2.83. The van der Waals surface area contributed by atoms with Crippen LogP contribution < -0.4 is 5.32 Å². The van der Waals surface area contributed by atoms with E-state index in [1.54, 1.807) is 4.68 Å². The van der Waals surface area contributed by atoms with Crippen LogP contribution in [0, 0.1) is 6.92 Å². The van der Waals surface area contributed by atoms with Gasteiger partial charge in [0.2, 0.25) is 0 Å². The first-order valence-corrected chi connectivity index (χ1v) is 6.85. The maximum absolute atomic E-state index is 11.4. The number of aromatic nitrogens is 2. The number of carboxylic acid groups (broad SMARTS) is 1. The number of anilines is 2. The van der Waals surface area contributed by atoms with Gasteiger partial charge in [0.05, 0.1) is 5.69 Å². The minimum Gasteiger partial charge on any atom is -0.477 e. The Morgan fingerprint density at radius 3 is 2.59 bits per heavy atom. The molecule has 0 aliphatic heterocycles. The van der Waals surface area contributed by atoms with Crippen molar-refractivity contribution in [1.29, 1.82) is 0 Å². The predicted octanol–water partition coefficient (Wildman–Crippen LogP) is 3.62. The van der Waals surface area contributed by atoms with E-state index in [9.17, 15) is 9.90 Å². The Balaban J connectivity index is 2.00. The summed E-state index contributed by atoms with van der Waals surface area (Å²) in [5.74, 6) is -0.695. The summed E-state index contributed by atoms with van der Waals surface area (Å²) >= 11 is 0. The maximum Gasteiger partial charge on any atom is 0.341 e. The van der Waals surface area contributed by atoms with Gasteiger partial charge in [0.25, 0.3) is 0 Å². The number of hydrogen-bond donors (Lipinski definition) is 2. The smallest absolute Gasteiger partial charge is 0.341 e. The number of nitrogens with zero attached hydrogens (tertiary/aromatic N) is 2. The summed E-state index contributed by atoms with van der Waals surface area (Å²) < 4.78 is 1.56. The van der Waals surface area contributed by atoms with Crippen molar-refractivity contribution in [1.82, 2.24) is 9.78 Å². The summed E-state index contributed by atoms with van der Waals surface area (Å²) in [6, 6.07) is 17.1. The van der Waals surface area contributed by atoms with Gasteiger partial charge < -0.3 is 10.4 Å². The highest BCUT2D eigenvalue weighted by atomic mass is 16.4. The van der Waals surface area contributed by atoms with Gasteiger partial charge in [-0.15, -0.1) is 5.10 Å². The number of benzene rings is 2. The fourth-order valence-electron chi connectivity index (χ4n) is 2.20. The molecule has 2 aromatic carbocycles. The zero-order chi connectivity index (χ0) is 15.5. The van der Waals surface area contributed by atoms with Crippen molar-refractivity contribution in [3.8, 4) is 5.69 Å². The Bertz CT molecular complexity index is 810. The number of nitrogens with one attached hydrogen (secondary N) is 1. The molecule has 0 aliphatic carbocycles. The highest BCUT2D eigenvalue weighted by Gasteiger charge is 2.16. The lowest BCUT2D eigenvalue weighted by Crippen LogP contribution is -2.00. The van der Waals surface area contributed by atoms with E-state index in [-0.39, 0.29) is 5.56 Å².